The standard InChI is InChI=1S/C9H11NO2.C8H9NO2.C7H9NO.C7H8O.C7H8.C6H6.C2H6/c1-7(12)10-9-4-2-8(6-11)3-5-9;10-5-7-1-3-8(4-2-7)9-6-11;8-7-3-1-6(5-9)2-4-7;8-6-7-4-2-1-3-5-7;1-7-5-3-2-4-6-7;1-2-4-6-5-3-1;1-2/h2-5,11H,6H2,1H3,(H,10,12);1-4,6,10H,5H2,(H,9,11);1-4,9H,5,8H2;1-5,8H,6H2;2-6H,1H3;1-6H;1-2H3. The summed E-state index contributed by atoms with van der Waals surface area (Å²) >= 11 is 0. The first-order valence-electron chi connectivity index (χ1n) is 17.7. The van der Waals surface area contributed by atoms with Gasteiger partial charge in [0.25, 0.3) is 0 Å². The van der Waals surface area contributed by atoms with Gasteiger partial charge in [0.2, 0.25) is 12.3 Å². The van der Waals surface area contributed by atoms with E-state index in [9.17, 15) is 9.59 Å². The average molecular weight is 748 g/mol. The van der Waals surface area contributed by atoms with Crippen LogP contribution >= 0.6 is 0 Å². The summed E-state index contributed by atoms with van der Waals surface area (Å²) in [6.07, 6.45) is 0.619. The molecule has 6 aromatic rings. The van der Waals surface area contributed by atoms with Gasteiger partial charge in [0.15, 0.2) is 0 Å². The predicted octanol–water partition coefficient (Wildman–Crippen LogP) is 8.53. The summed E-state index contributed by atoms with van der Waals surface area (Å²) in [6, 6.07) is 53.0. The molecule has 2 amide bonds. The first-order chi connectivity index (χ1) is 26.7. The summed E-state index contributed by atoms with van der Waals surface area (Å²) in [6.45, 7) is 7.82. The Balaban J connectivity index is 0.000000638. The van der Waals surface area contributed by atoms with Gasteiger partial charge in [-0.3, -0.25) is 9.59 Å². The second kappa shape index (κ2) is 33.7. The lowest BCUT2D eigenvalue weighted by Crippen LogP contribution is -2.05. The highest BCUT2D eigenvalue weighted by molar-refractivity contribution is 5.88. The molecule has 9 heteroatoms. The van der Waals surface area contributed by atoms with Crippen LogP contribution in [0.4, 0.5) is 17.1 Å². The highest BCUT2D eigenvalue weighted by atomic mass is 16.3. The summed E-state index contributed by atoms with van der Waals surface area (Å²) in [4.78, 5) is 20.6. The third-order valence-corrected chi connectivity index (χ3v) is 6.61. The Bertz CT molecular complexity index is 1710. The van der Waals surface area contributed by atoms with Gasteiger partial charge in [0, 0.05) is 24.0 Å². The van der Waals surface area contributed by atoms with Crippen LogP contribution in [0.25, 0.3) is 0 Å². The molecule has 55 heavy (non-hydrogen) atoms. The van der Waals surface area contributed by atoms with Gasteiger partial charge in [-0.2, -0.15) is 0 Å². The van der Waals surface area contributed by atoms with E-state index < -0.39 is 0 Å². The number of aliphatic hydroxyl groups excluding tert-OH is 4. The van der Waals surface area contributed by atoms with Gasteiger partial charge in [-0.05, 0) is 65.6 Å². The van der Waals surface area contributed by atoms with Crippen molar-refractivity contribution in [1.82, 2.24) is 0 Å². The number of hydrogen-bond donors (Lipinski definition) is 7. The highest BCUT2D eigenvalue weighted by Crippen LogP contribution is 2.09. The van der Waals surface area contributed by atoms with Crippen LogP contribution in [0.3, 0.4) is 0 Å². The van der Waals surface area contributed by atoms with Gasteiger partial charge in [-0.15, -0.1) is 0 Å². The lowest BCUT2D eigenvalue weighted by Gasteiger charge is -2.01. The number of nitrogens with two attached hydrogens (primary N) is 1. The van der Waals surface area contributed by atoms with E-state index in [0.29, 0.717) is 6.41 Å². The molecule has 292 valence electrons. The zero-order chi connectivity index (χ0) is 40.9. The monoisotopic (exact) mass is 747 g/mol. The van der Waals surface area contributed by atoms with Crippen molar-refractivity contribution < 1.29 is 30.0 Å². The number of aryl methyl sites for hydroxylation is 1. The number of carbonyl (C=O) groups excluding carboxylic acids is 2. The highest BCUT2D eigenvalue weighted by Gasteiger charge is 1.94. The molecule has 0 spiro atoms. The molecule has 0 saturated heterocycles. The van der Waals surface area contributed by atoms with Crippen molar-refractivity contribution in [1.29, 1.82) is 0 Å². The molecular weight excluding hydrogens is 691 g/mol. The van der Waals surface area contributed by atoms with E-state index in [1.54, 1.807) is 72.8 Å². The maximum Gasteiger partial charge on any atom is 0.221 e. The van der Waals surface area contributed by atoms with Crippen LogP contribution in [-0.2, 0) is 36.0 Å². The van der Waals surface area contributed by atoms with E-state index in [1.807, 2.05) is 98.8 Å². The molecule has 6 rings (SSSR count). The molecule has 0 aliphatic carbocycles. The Labute approximate surface area is 326 Å². The third-order valence-electron chi connectivity index (χ3n) is 6.61. The fourth-order valence-electron chi connectivity index (χ4n) is 3.80. The number of rotatable bonds is 7. The molecule has 0 unspecified atom stereocenters. The summed E-state index contributed by atoms with van der Waals surface area (Å²) in [5, 5.41) is 39.6. The van der Waals surface area contributed by atoms with Crippen LogP contribution in [0.2, 0.25) is 0 Å². The molecule has 0 atom stereocenters. The molecule has 8 N–H and O–H groups in total. The number of hydrogen-bond acceptors (Lipinski definition) is 7. The molecule has 6 aromatic carbocycles. The molecule has 9 nitrogen and oxygen atoms in total. The van der Waals surface area contributed by atoms with E-state index in [2.05, 4.69) is 29.7 Å². The number of aliphatic hydroxyl groups is 4. The Morgan fingerprint density at radius 3 is 1.11 bits per heavy atom. The molecule has 0 heterocycles. The molecule has 0 aliphatic rings. The summed E-state index contributed by atoms with van der Waals surface area (Å²) in [5.41, 5.74) is 12.5. The Morgan fingerprint density at radius 2 is 0.818 bits per heavy atom. The van der Waals surface area contributed by atoms with Gasteiger partial charge < -0.3 is 36.8 Å². The Hall–Kier alpha value is -6.10. The summed E-state index contributed by atoms with van der Waals surface area (Å²) in [7, 11) is 0. The summed E-state index contributed by atoms with van der Waals surface area (Å²) < 4.78 is 0. The minimum atomic E-state index is -0.0910. The maximum absolute atomic E-state index is 10.6. The molecular formula is C46H57N3O6. The lowest BCUT2D eigenvalue weighted by atomic mass is 10.2. The van der Waals surface area contributed by atoms with Gasteiger partial charge in [0.1, 0.15) is 0 Å². The first-order valence-corrected chi connectivity index (χ1v) is 17.7. The van der Waals surface area contributed by atoms with Crippen LogP contribution in [0.15, 0.2) is 170 Å². The Kier molecular flexibility index (Phi) is 30.0. The van der Waals surface area contributed by atoms with Crippen molar-refractivity contribution in [3.05, 3.63) is 198 Å². The van der Waals surface area contributed by atoms with Crippen molar-refractivity contribution in [2.75, 3.05) is 16.4 Å². The quantitative estimate of drug-likeness (QED) is 0.0635. The van der Waals surface area contributed by atoms with Gasteiger partial charge in [0.05, 0.1) is 26.4 Å². The van der Waals surface area contributed by atoms with E-state index in [-0.39, 0.29) is 32.3 Å². The number of anilines is 3. The van der Waals surface area contributed by atoms with Crippen LogP contribution in [-0.4, -0.2) is 32.7 Å². The minimum absolute atomic E-state index is 0.0281. The fraction of sp³-hybridized carbons (Fsp3) is 0.174. The topological polar surface area (TPSA) is 165 Å². The lowest BCUT2D eigenvalue weighted by molar-refractivity contribution is -0.114. The molecule has 0 aliphatic heterocycles. The van der Waals surface area contributed by atoms with E-state index in [1.165, 1.54) is 12.5 Å². The normalized spacial score (nSPS) is 8.87. The predicted molar refractivity (Wildman–Crippen MR) is 227 cm³/mol. The van der Waals surface area contributed by atoms with Crippen LogP contribution in [0.1, 0.15) is 48.6 Å². The second-order valence-electron chi connectivity index (χ2n) is 11.0. The molecule has 0 radical (unpaired) electrons. The van der Waals surface area contributed by atoms with Crippen LogP contribution in [0, 0.1) is 6.92 Å². The van der Waals surface area contributed by atoms with Crippen LogP contribution < -0.4 is 16.4 Å². The van der Waals surface area contributed by atoms with Crippen molar-refractivity contribution in [2.45, 2.75) is 54.1 Å². The number of nitrogens with one attached hydrogen (secondary N) is 2. The van der Waals surface area contributed by atoms with Gasteiger partial charge in [-0.25, -0.2) is 0 Å². The average Bonchev–Trinajstić information content (AvgIpc) is 3.25. The smallest absolute Gasteiger partial charge is 0.221 e. The zero-order valence-corrected chi connectivity index (χ0v) is 32.3. The van der Waals surface area contributed by atoms with Crippen molar-refractivity contribution >= 4 is 29.4 Å². The van der Waals surface area contributed by atoms with Crippen molar-refractivity contribution in [3.8, 4) is 0 Å². The zero-order valence-electron chi connectivity index (χ0n) is 32.3. The van der Waals surface area contributed by atoms with Crippen LogP contribution in [0.5, 0.6) is 0 Å². The molecule has 0 aromatic heterocycles. The van der Waals surface area contributed by atoms with Crippen molar-refractivity contribution in [2.24, 2.45) is 0 Å². The van der Waals surface area contributed by atoms with Gasteiger partial charge in [-0.1, -0.05) is 153 Å². The number of carbonyl (C=O) groups is 2. The first kappa shape index (κ1) is 48.9. The summed E-state index contributed by atoms with van der Waals surface area (Å²) in [5.74, 6) is -0.0910. The minimum Gasteiger partial charge on any atom is -0.399 e. The second-order valence-corrected chi connectivity index (χ2v) is 11.0. The maximum atomic E-state index is 10.6. The molecule has 0 bridgehead atoms. The number of amides is 2. The Morgan fingerprint density at radius 1 is 0.509 bits per heavy atom. The van der Waals surface area contributed by atoms with E-state index in [0.717, 1.165) is 39.3 Å². The fourth-order valence-corrected chi connectivity index (χ4v) is 3.80. The third kappa shape index (κ3) is 27.2. The SMILES string of the molecule is CC.CC(=O)Nc1ccc(CO)cc1.Cc1ccccc1.Nc1ccc(CO)cc1.O=CNc1ccc(CO)cc1.OCc1ccccc1.c1ccccc1. The molecule has 0 fully saturated rings. The van der Waals surface area contributed by atoms with Crippen molar-refractivity contribution in [3.63, 3.8) is 0 Å². The van der Waals surface area contributed by atoms with Gasteiger partial charge >= 0.3 is 0 Å². The van der Waals surface area contributed by atoms with E-state index >= 15 is 0 Å². The number of nitrogen functional groups attached to an aromatic ring is 1. The number of benzene rings is 6. The van der Waals surface area contributed by atoms with E-state index in [4.69, 9.17) is 26.2 Å². The molecule has 0 saturated carbocycles. The largest absolute Gasteiger partial charge is 0.399 e.